The molecule has 1 fully saturated rings. The minimum atomic E-state index is -4.47. The lowest BCUT2D eigenvalue weighted by Gasteiger charge is -2.34. The first-order chi connectivity index (χ1) is 15.1. The van der Waals surface area contributed by atoms with Crippen LogP contribution in [-0.4, -0.2) is 52.8 Å². The molecule has 0 saturated carbocycles. The van der Waals surface area contributed by atoms with Gasteiger partial charge in [-0.15, -0.1) is 0 Å². The minimum absolute atomic E-state index is 0.0341. The standard InChI is InChI=1S/C21H27F3N6O2/c1-13(28-18-7-14(21(22,23)24)6-15(25)8-18)5-17-9-19(27-12-26-17)30-4-2-3-16(10-30)29-20(32)11-31/h6-9,12-13,16,28,31H,2-5,10-11,25H2,1H3,(H,29,32). The first-order valence-corrected chi connectivity index (χ1v) is 10.3. The van der Waals surface area contributed by atoms with Crippen LogP contribution in [0.15, 0.2) is 30.6 Å². The van der Waals surface area contributed by atoms with Crippen LogP contribution in [0, 0.1) is 0 Å². The van der Waals surface area contributed by atoms with E-state index in [9.17, 15) is 18.0 Å². The number of carbonyl (C=O) groups excluding carboxylic acids is 1. The SMILES string of the molecule is CC(Cc1cc(N2CCCC(NC(=O)CO)C2)ncn1)Nc1cc(N)cc(C(F)(F)F)c1. The maximum absolute atomic E-state index is 13.0. The lowest BCUT2D eigenvalue weighted by molar-refractivity contribution is -0.137. The Hall–Kier alpha value is -3.08. The number of carbonyl (C=O) groups is 1. The Kier molecular flexibility index (Phi) is 7.39. The predicted molar refractivity (Wildman–Crippen MR) is 115 cm³/mol. The third kappa shape index (κ3) is 6.46. The van der Waals surface area contributed by atoms with E-state index in [4.69, 9.17) is 10.8 Å². The fraction of sp³-hybridized carbons (Fsp3) is 0.476. The molecule has 0 spiro atoms. The number of hydrogen-bond donors (Lipinski definition) is 4. The summed E-state index contributed by atoms with van der Waals surface area (Å²) in [5.41, 5.74) is 5.89. The van der Waals surface area contributed by atoms with Crippen LogP contribution in [0.25, 0.3) is 0 Å². The average Bonchev–Trinajstić information content (AvgIpc) is 2.73. The first-order valence-electron chi connectivity index (χ1n) is 10.3. The Bertz CT molecular complexity index is 940. The fourth-order valence-corrected chi connectivity index (χ4v) is 3.79. The van der Waals surface area contributed by atoms with Gasteiger partial charge in [0, 0.05) is 54.7 Å². The summed E-state index contributed by atoms with van der Waals surface area (Å²) in [6.45, 7) is 2.65. The molecule has 5 N–H and O–H groups in total. The van der Waals surface area contributed by atoms with Crippen molar-refractivity contribution in [2.24, 2.45) is 0 Å². The van der Waals surface area contributed by atoms with Crippen molar-refractivity contribution in [2.75, 3.05) is 35.6 Å². The van der Waals surface area contributed by atoms with Crippen LogP contribution in [0.4, 0.5) is 30.4 Å². The average molecular weight is 452 g/mol. The monoisotopic (exact) mass is 452 g/mol. The Morgan fingerprint density at radius 3 is 2.81 bits per heavy atom. The highest BCUT2D eigenvalue weighted by molar-refractivity contribution is 5.77. The number of aromatic nitrogens is 2. The van der Waals surface area contributed by atoms with Gasteiger partial charge in [-0.2, -0.15) is 13.2 Å². The molecular weight excluding hydrogens is 425 g/mol. The van der Waals surface area contributed by atoms with Gasteiger partial charge in [0.2, 0.25) is 5.91 Å². The predicted octanol–water partition coefficient (Wildman–Crippen LogP) is 2.20. The van der Waals surface area contributed by atoms with Gasteiger partial charge >= 0.3 is 6.18 Å². The molecule has 2 atom stereocenters. The molecule has 0 bridgehead atoms. The minimum Gasteiger partial charge on any atom is -0.399 e. The molecule has 3 rings (SSSR count). The van der Waals surface area contributed by atoms with Crippen LogP contribution in [0.1, 0.15) is 31.0 Å². The molecule has 2 aromatic rings. The number of alkyl halides is 3. The van der Waals surface area contributed by atoms with Crippen molar-refractivity contribution in [1.82, 2.24) is 15.3 Å². The van der Waals surface area contributed by atoms with Crippen molar-refractivity contribution in [3.63, 3.8) is 0 Å². The number of nitrogens with zero attached hydrogens (tertiary/aromatic N) is 3. The normalized spacial score (nSPS) is 17.7. The molecule has 1 aromatic heterocycles. The second kappa shape index (κ2) is 10.0. The van der Waals surface area contributed by atoms with Crippen LogP contribution in [0.3, 0.4) is 0 Å². The van der Waals surface area contributed by atoms with Crippen LogP contribution < -0.4 is 21.3 Å². The Balaban J connectivity index is 1.64. The van der Waals surface area contributed by atoms with Gasteiger partial charge in [-0.25, -0.2) is 9.97 Å². The van der Waals surface area contributed by atoms with Gasteiger partial charge in [0.15, 0.2) is 0 Å². The lowest BCUT2D eigenvalue weighted by Crippen LogP contribution is -2.48. The Labute approximate surface area is 184 Å². The summed E-state index contributed by atoms with van der Waals surface area (Å²) in [5, 5.41) is 14.8. The maximum atomic E-state index is 13.0. The summed E-state index contributed by atoms with van der Waals surface area (Å²) in [4.78, 5) is 22.1. The number of amides is 1. The molecule has 0 aliphatic carbocycles. The summed E-state index contributed by atoms with van der Waals surface area (Å²) in [5.74, 6) is 0.309. The number of benzene rings is 1. The quantitative estimate of drug-likeness (QED) is 0.476. The number of nitrogens with one attached hydrogen (secondary N) is 2. The van der Waals surface area contributed by atoms with Crippen molar-refractivity contribution in [3.8, 4) is 0 Å². The van der Waals surface area contributed by atoms with E-state index >= 15 is 0 Å². The summed E-state index contributed by atoms with van der Waals surface area (Å²) in [7, 11) is 0. The molecule has 0 radical (unpaired) electrons. The van der Waals surface area contributed by atoms with Gasteiger partial charge in [0.25, 0.3) is 0 Å². The molecular formula is C21H27F3N6O2. The summed E-state index contributed by atoms with van der Waals surface area (Å²) < 4.78 is 39.1. The third-order valence-corrected chi connectivity index (χ3v) is 5.17. The highest BCUT2D eigenvalue weighted by Crippen LogP contribution is 2.33. The molecule has 1 amide bonds. The maximum Gasteiger partial charge on any atom is 0.416 e. The van der Waals surface area contributed by atoms with E-state index in [1.165, 1.54) is 12.4 Å². The molecule has 174 valence electrons. The first kappa shape index (κ1) is 23.6. The Morgan fingerprint density at radius 2 is 2.09 bits per heavy atom. The van der Waals surface area contributed by atoms with Gasteiger partial charge in [0.05, 0.1) is 5.56 Å². The molecule has 1 saturated heterocycles. The molecule has 2 unspecified atom stereocenters. The van der Waals surface area contributed by atoms with Gasteiger partial charge in [-0.1, -0.05) is 0 Å². The number of anilines is 3. The summed E-state index contributed by atoms with van der Waals surface area (Å²) >= 11 is 0. The number of aliphatic hydroxyl groups is 1. The second-order valence-electron chi connectivity index (χ2n) is 7.97. The van der Waals surface area contributed by atoms with Gasteiger partial charge < -0.3 is 26.4 Å². The van der Waals surface area contributed by atoms with Crippen molar-refractivity contribution >= 4 is 23.1 Å². The zero-order valence-corrected chi connectivity index (χ0v) is 17.7. The van der Waals surface area contributed by atoms with Crippen LogP contribution in [0.2, 0.25) is 0 Å². The van der Waals surface area contributed by atoms with E-state index in [0.29, 0.717) is 18.8 Å². The highest BCUT2D eigenvalue weighted by atomic mass is 19.4. The third-order valence-electron chi connectivity index (χ3n) is 5.17. The smallest absolute Gasteiger partial charge is 0.399 e. The van der Waals surface area contributed by atoms with Crippen molar-refractivity contribution in [1.29, 1.82) is 0 Å². The van der Waals surface area contributed by atoms with Crippen LogP contribution in [0.5, 0.6) is 0 Å². The molecule has 1 aliphatic heterocycles. The van der Waals surface area contributed by atoms with Crippen molar-refractivity contribution in [2.45, 2.75) is 44.4 Å². The van der Waals surface area contributed by atoms with E-state index in [1.807, 2.05) is 17.9 Å². The van der Waals surface area contributed by atoms with E-state index in [2.05, 4.69) is 20.6 Å². The number of nitrogens with two attached hydrogens (primary N) is 1. The zero-order valence-electron chi connectivity index (χ0n) is 17.7. The topological polar surface area (TPSA) is 116 Å². The molecule has 11 heteroatoms. The van der Waals surface area contributed by atoms with Crippen LogP contribution in [-0.2, 0) is 17.4 Å². The largest absolute Gasteiger partial charge is 0.416 e. The van der Waals surface area contributed by atoms with Gasteiger partial charge in [-0.3, -0.25) is 4.79 Å². The van der Waals surface area contributed by atoms with E-state index in [0.717, 1.165) is 37.2 Å². The number of nitrogen functional groups attached to an aromatic ring is 1. The summed E-state index contributed by atoms with van der Waals surface area (Å²) in [6, 6.07) is 4.96. The number of aliphatic hydroxyl groups excluding tert-OH is 1. The number of piperidine rings is 1. The van der Waals surface area contributed by atoms with E-state index in [1.54, 1.807) is 0 Å². The number of halogens is 3. The lowest BCUT2D eigenvalue weighted by atomic mass is 10.1. The van der Waals surface area contributed by atoms with Gasteiger partial charge in [-0.05, 0) is 38.0 Å². The Morgan fingerprint density at radius 1 is 1.31 bits per heavy atom. The van der Waals surface area contributed by atoms with Crippen molar-refractivity contribution < 1.29 is 23.1 Å². The summed E-state index contributed by atoms with van der Waals surface area (Å²) in [6.07, 6.45) is -0.870. The fourth-order valence-electron chi connectivity index (χ4n) is 3.79. The van der Waals surface area contributed by atoms with Crippen molar-refractivity contribution in [3.05, 3.63) is 41.9 Å². The highest BCUT2D eigenvalue weighted by Gasteiger charge is 2.31. The molecule has 2 heterocycles. The van der Waals surface area contributed by atoms with E-state index < -0.39 is 24.3 Å². The molecule has 1 aromatic carbocycles. The second-order valence-corrected chi connectivity index (χ2v) is 7.97. The molecule has 32 heavy (non-hydrogen) atoms. The van der Waals surface area contributed by atoms with E-state index in [-0.39, 0.29) is 23.5 Å². The number of rotatable bonds is 7. The molecule has 8 nitrogen and oxygen atoms in total. The van der Waals surface area contributed by atoms with Gasteiger partial charge in [0.1, 0.15) is 18.8 Å². The molecule has 1 aliphatic rings. The van der Waals surface area contributed by atoms with Crippen LogP contribution >= 0.6 is 0 Å². The number of hydrogen-bond acceptors (Lipinski definition) is 7. The zero-order chi connectivity index (χ0) is 23.3.